The first-order valence-electron chi connectivity index (χ1n) is 10.7. The second kappa shape index (κ2) is 6.75. The van der Waals surface area contributed by atoms with Gasteiger partial charge in [-0.25, -0.2) is 0 Å². The van der Waals surface area contributed by atoms with Gasteiger partial charge in [-0.15, -0.1) is 0 Å². The molecule has 0 fully saturated rings. The van der Waals surface area contributed by atoms with Crippen LogP contribution in [0.4, 0.5) is 0 Å². The van der Waals surface area contributed by atoms with Crippen LogP contribution in [0.25, 0.3) is 11.1 Å². The molecule has 0 aromatic heterocycles. The van der Waals surface area contributed by atoms with E-state index in [-0.39, 0.29) is 0 Å². The summed E-state index contributed by atoms with van der Waals surface area (Å²) in [6, 6.07) is 25.6. The first-order valence-corrected chi connectivity index (χ1v) is 10.7. The van der Waals surface area contributed by atoms with Gasteiger partial charge in [0.25, 0.3) is 0 Å². The second-order valence-electron chi connectivity index (χ2n) is 8.76. The molecule has 2 nitrogen and oxygen atoms in total. The Morgan fingerprint density at radius 2 is 0.839 bits per heavy atom. The fraction of sp³-hybridized carbons (Fsp3) is 0.172. The average Bonchev–Trinajstić information content (AvgIpc) is 3.06. The summed E-state index contributed by atoms with van der Waals surface area (Å²) in [6.07, 6.45) is 0. The Morgan fingerprint density at radius 3 is 1.19 bits per heavy atom. The molecule has 0 saturated heterocycles. The highest BCUT2D eigenvalue weighted by atomic mass is 16.3. The van der Waals surface area contributed by atoms with E-state index in [1.165, 1.54) is 22.3 Å². The van der Waals surface area contributed by atoms with Gasteiger partial charge < -0.3 is 10.2 Å². The van der Waals surface area contributed by atoms with Gasteiger partial charge in [0.1, 0.15) is 11.5 Å². The fourth-order valence-electron chi connectivity index (χ4n) is 5.37. The molecule has 1 aliphatic carbocycles. The van der Waals surface area contributed by atoms with Crippen LogP contribution in [0.3, 0.4) is 0 Å². The van der Waals surface area contributed by atoms with Gasteiger partial charge in [-0.2, -0.15) is 0 Å². The average molecular weight is 407 g/mol. The smallest absolute Gasteiger partial charge is 0.121 e. The van der Waals surface area contributed by atoms with Crippen LogP contribution in [0.2, 0.25) is 0 Å². The van der Waals surface area contributed by atoms with Crippen LogP contribution in [-0.2, 0) is 5.41 Å². The summed E-state index contributed by atoms with van der Waals surface area (Å²) in [5.74, 6) is 0.688. The molecule has 4 aromatic rings. The summed E-state index contributed by atoms with van der Waals surface area (Å²) in [4.78, 5) is 0. The van der Waals surface area contributed by atoms with Crippen molar-refractivity contribution in [2.75, 3.05) is 0 Å². The van der Waals surface area contributed by atoms with Crippen molar-refractivity contribution in [3.05, 3.63) is 117 Å². The highest BCUT2D eigenvalue weighted by Gasteiger charge is 2.46. The van der Waals surface area contributed by atoms with Gasteiger partial charge in [-0.05, 0) is 83.3 Å². The summed E-state index contributed by atoms with van der Waals surface area (Å²) in [7, 11) is 0. The maximum Gasteiger partial charge on any atom is 0.121 e. The van der Waals surface area contributed by atoms with E-state index in [9.17, 15) is 10.2 Å². The van der Waals surface area contributed by atoms with Crippen molar-refractivity contribution in [1.82, 2.24) is 0 Å². The van der Waals surface area contributed by atoms with Crippen molar-refractivity contribution in [2.24, 2.45) is 0 Å². The third-order valence-corrected chi connectivity index (χ3v) is 6.80. The van der Waals surface area contributed by atoms with E-state index in [4.69, 9.17) is 0 Å². The van der Waals surface area contributed by atoms with Gasteiger partial charge >= 0.3 is 0 Å². The van der Waals surface area contributed by atoms with Crippen LogP contribution in [0.1, 0.15) is 44.5 Å². The molecule has 0 unspecified atom stereocenters. The second-order valence-corrected chi connectivity index (χ2v) is 8.76. The van der Waals surface area contributed by atoms with E-state index >= 15 is 0 Å². The zero-order chi connectivity index (χ0) is 21.9. The lowest BCUT2D eigenvalue weighted by atomic mass is 9.66. The molecule has 0 saturated carbocycles. The molecular weight excluding hydrogens is 380 g/mol. The Balaban J connectivity index is 2.00. The maximum atomic E-state index is 10.5. The topological polar surface area (TPSA) is 40.5 Å². The van der Waals surface area contributed by atoms with Crippen LogP contribution >= 0.6 is 0 Å². The molecule has 0 aliphatic heterocycles. The Hall–Kier alpha value is -3.52. The lowest BCUT2D eigenvalue weighted by molar-refractivity contribution is 0.466. The van der Waals surface area contributed by atoms with E-state index in [1.54, 1.807) is 0 Å². The fourth-order valence-corrected chi connectivity index (χ4v) is 5.37. The molecule has 0 amide bonds. The number of benzene rings is 4. The lowest BCUT2D eigenvalue weighted by Crippen LogP contribution is -2.29. The third kappa shape index (κ3) is 2.58. The largest absolute Gasteiger partial charge is 0.507 e. The SMILES string of the molecule is Cc1cc(C2(c3cc(C)c(O)c(C)c3)c3ccccc3-c3ccccc32)cc(C)c1O. The summed E-state index contributed by atoms with van der Waals surface area (Å²) >= 11 is 0. The van der Waals surface area contributed by atoms with Crippen LogP contribution in [0.5, 0.6) is 11.5 Å². The minimum absolute atomic E-state index is 0.344. The molecule has 0 bridgehead atoms. The van der Waals surface area contributed by atoms with Crippen molar-refractivity contribution in [3.8, 4) is 22.6 Å². The third-order valence-electron chi connectivity index (χ3n) is 6.80. The highest BCUT2D eigenvalue weighted by molar-refractivity contribution is 5.86. The summed E-state index contributed by atoms with van der Waals surface area (Å²) in [6.45, 7) is 7.83. The Labute approximate surface area is 183 Å². The number of phenols is 2. The van der Waals surface area contributed by atoms with E-state index in [2.05, 4.69) is 72.8 Å². The molecule has 2 heteroatoms. The summed E-state index contributed by atoms with van der Waals surface area (Å²) < 4.78 is 0. The molecule has 5 rings (SSSR count). The normalized spacial score (nSPS) is 13.7. The van der Waals surface area contributed by atoms with E-state index in [0.29, 0.717) is 11.5 Å². The molecular formula is C29H26O2. The minimum atomic E-state index is -0.528. The highest BCUT2D eigenvalue weighted by Crippen LogP contribution is 2.57. The first kappa shape index (κ1) is 19.4. The molecule has 0 heterocycles. The van der Waals surface area contributed by atoms with Crippen LogP contribution in [0, 0.1) is 27.7 Å². The van der Waals surface area contributed by atoms with Crippen molar-refractivity contribution in [3.63, 3.8) is 0 Å². The van der Waals surface area contributed by atoms with Crippen LogP contribution in [-0.4, -0.2) is 10.2 Å². The Bertz CT molecular complexity index is 1200. The molecule has 31 heavy (non-hydrogen) atoms. The van der Waals surface area contributed by atoms with Crippen molar-refractivity contribution in [1.29, 1.82) is 0 Å². The molecule has 154 valence electrons. The number of hydrogen-bond acceptors (Lipinski definition) is 2. The lowest BCUT2D eigenvalue weighted by Gasteiger charge is -2.35. The van der Waals surface area contributed by atoms with Gasteiger partial charge in [0.05, 0.1) is 5.41 Å². The molecule has 0 atom stereocenters. The van der Waals surface area contributed by atoms with Gasteiger partial charge in [0, 0.05) is 0 Å². The van der Waals surface area contributed by atoms with Gasteiger partial charge in [-0.1, -0.05) is 72.8 Å². The molecule has 0 spiro atoms. The predicted octanol–water partition coefficient (Wildman–Crippen LogP) is 6.69. The molecule has 4 aromatic carbocycles. The Morgan fingerprint density at radius 1 is 0.516 bits per heavy atom. The van der Waals surface area contributed by atoms with Gasteiger partial charge in [0.15, 0.2) is 0 Å². The number of hydrogen-bond donors (Lipinski definition) is 2. The number of aromatic hydroxyl groups is 2. The number of rotatable bonds is 2. The van der Waals surface area contributed by atoms with Crippen LogP contribution in [0.15, 0.2) is 72.8 Å². The zero-order valence-corrected chi connectivity index (χ0v) is 18.3. The Kier molecular flexibility index (Phi) is 4.23. The number of phenolic OH excluding ortho intramolecular Hbond substituents is 2. The van der Waals surface area contributed by atoms with E-state index < -0.39 is 5.41 Å². The van der Waals surface area contributed by atoms with Crippen molar-refractivity contribution >= 4 is 0 Å². The van der Waals surface area contributed by atoms with E-state index in [0.717, 1.165) is 33.4 Å². The summed E-state index contributed by atoms with van der Waals surface area (Å²) in [5, 5.41) is 21.0. The summed E-state index contributed by atoms with van der Waals surface area (Å²) in [5.41, 5.74) is 10.1. The molecule has 0 radical (unpaired) electrons. The van der Waals surface area contributed by atoms with Gasteiger partial charge in [-0.3, -0.25) is 0 Å². The minimum Gasteiger partial charge on any atom is -0.507 e. The van der Waals surface area contributed by atoms with Crippen molar-refractivity contribution in [2.45, 2.75) is 33.1 Å². The number of fused-ring (bicyclic) bond motifs is 3. The first-order chi connectivity index (χ1) is 14.9. The van der Waals surface area contributed by atoms with Crippen molar-refractivity contribution < 1.29 is 10.2 Å². The monoisotopic (exact) mass is 406 g/mol. The van der Waals surface area contributed by atoms with Gasteiger partial charge in [0.2, 0.25) is 0 Å². The molecule has 1 aliphatic rings. The quantitative estimate of drug-likeness (QED) is 0.343. The zero-order valence-electron chi connectivity index (χ0n) is 18.3. The van der Waals surface area contributed by atoms with E-state index in [1.807, 2.05) is 27.7 Å². The predicted molar refractivity (Wildman–Crippen MR) is 126 cm³/mol. The maximum absolute atomic E-state index is 10.5. The standard InChI is InChI=1S/C29H26O2/c1-17-13-21(14-18(2)27(17)30)29(22-15-19(3)28(31)20(4)16-22)25-11-7-5-9-23(25)24-10-6-8-12-26(24)29/h5-16,30-31H,1-4H3. The van der Waals surface area contributed by atoms with Crippen LogP contribution < -0.4 is 0 Å². The number of aryl methyl sites for hydroxylation is 4. The molecule has 2 N–H and O–H groups in total.